The Balaban J connectivity index is 1.31. The number of carboxylic acid groups (broad SMARTS) is 1. The van der Waals surface area contributed by atoms with Crippen molar-refractivity contribution in [3.8, 4) is 0 Å². The van der Waals surface area contributed by atoms with E-state index in [9.17, 15) is 24.6 Å². The number of benzene rings is 2. The summed E-state index contributed by atoms with van der Waals surface area (Å²) < 4.78 is 6.92. The molecule has 258 valence electrons. The number of hydrogen-bond donors (Lipinski definition) is 5. The third-order valence-electron chi connectivity index (χ3n) is 8.21. The molecule has 0 saturated carbocycles. The van der Waals surface area contributed by atoms with Crippen LogP contribution in [0.3, 0.4) is 0 Å². The first kappa shape index (κ1) is 33.6. The van der Waals surface area contributed by atoms with E-state index < -0.39 is 24.0 Å². The number of aliphatic hydroxyl groups is 1. The molecule has 6 aromatic rings. The molecule has 0 aliphatic heterocycles. The average molecular weight is 680 g/mol. The maximum absolute atomic E-state index is 13.3. The molecule has 0 fully saturated rings. The number of aromatic nitrogens is 8. The predicted octanol–water partition coefficient (Wildman–Crippen LogP) is 3.84. The van der Waals surface area contributed by atoms with Gasteiger partial charge in [-0.05, 0) is 76.2 Å². The van der Waals surface area contributed by atoms with Gasteiger partial charge in [0.15, 0.2) is 6.23 Å². The smallest absolute Gasteiger partial charge is 0.335 e. The van der Waals surface area contributed by atoms with E-state index in [-0.39, 0.29) is 18.1 Å². The van der Waals surface area contributed by atoms with Crippen LogP contribution in [-0.4, -0.2) is 66.7 Å². The number of fused-ring (bicyclic) bond motifs is 2. The van der Waals surface area contributed by atoms with E-state index in [0.717, 1.165) is 5.69 Å². The number of allylic oxidation sites excluding steroid dienone is 2. The quantitative estimate of drug-likeness (QED) is 0.0878. The number of nitrogens with two attached hydrogens (primary N) is 1. The lowest BCUT2D eigenvalue weighted by molar-refractivity contribution is 0.0696. The van der Waals surface area contributed by atoms with Gasteiger partial charge >= 0.3 is 5.97 Å². The van der Waals surface area contributed by atoms with E-state index in [1.54, 1.807) is 57.3 Å². The van der Waals surface area contributed by atoms with Crippen molar-refractivity contribution in [1.29, 1.82) is 0 Å². The Hall–Kier alpha value is -6.29. The van der Waals surface area contributed by atoms with Gasteiger partial charge in [-0.15, -0.1) is 0 Å². The molecule has 2 amide bonds. The zero-order valence-corrected chi connectivity index (χ0v) is 28.0. The summed E-state index contributed by atoms with van der Waals surface area (Å²) in [4.78, 5) is 46.2. The van der Waals surface area contributed by atoms with Crippen molar-refractivity contribution in [3.05, 3.63) is 94.6 Å². The molecule has 0 saturated heterocycles. The number of hydrogen-bond acceptors (Lipinski definition) is 9. The molecule has 0 aliphatic rings. The number of anilines is 2. The number of aliphatic hydroxyl groups excluding tert-OH is 1. The van der Waals surface area contributed by atoms with E-state index in [1.165, 1.54) is 12.1 Å². The van der Waals surface area contributed by atoms with Crippen LogP contribution in [0.4, 0.5) is 11.9 Å². The molecular weight excluding hydrogens is 642 g/mol. The van der Waals surface area contributed by atoms with Crippen molar-refractivity contribution in [2.45, 2.75) is 60.1 Å². The fraction of sp³-hybridized carbons (Fsp3) is 0.265. The maximum atomic E-state index is 13.3. The van der Waals surface area contributed by atoms with Crippen LogP contribution in [0.15, 0.2) is 60.7 Å². The Morgan fingerprint density at radius 1 is 0.820 bits per heavy atom. The van der Waals surface area contributed by atoms with Crippen LogP contribution < -0.4 is 16.4 Å². The standard InChI is InChI=1S/C34H37N11O5/c1-5-44-27(15-19(3)40-44)30(47)38-33-36-23-17-21(29(35)46)9-11-25(23)42(33)13-7-8-14-43-26-12-10-22(32(49)50)18-24(26)37-34(43)39-31(48)28-16-20(4)41-45(28)6-2/h7-12,15-18,30,47H,5-6,13-14H2,1-4H3,(H2,35,46)(H,36,38)(H,49,50)(H,37,39,48)/b8-7+. The van der Waals surface area contributed by atoms with E-state index in [1.807, 2.05) is 37.5 Å². The molecule has 4 heterocycles. The number of carboxylic acids is 1. The highest BCUT2D eigenvalue weighted by Gasteiger charge is 2.21. The van der Waals surface area contributed by atoms with E-state index in [2.05, 4.69) is 30.8 Å². The minimum absolute atomic E-state index is 0.0705. The number of imidazole rings is 2. The van der Waals surface area contributed by atoms with Gasteiger partial charge in [-0.1, -0.05) is 12.2 Å². The van der Waals surface area contributed by atoms with Gasteiger partial charge in [0.25, 0.3) is 5.91 Å². The van der Waals surface area contributed by atoms with E-state index in [0.29, 0.717) is 70.3 Å². The van der Waals surface area contributed by atoms with Crippen LogP contribution in [0.1, 0.15) is 68.4 Å². The highest BCUT2D eigenvalue weighted by Crippen LogP contribution is 2.26. The fourth-order valence-corrected chi connectivity index (χ4v) is 5.85. The first-order chi connectivity index (χ1) is 24.0. The highest BCUT2D eigenvalue weighted by molar-refractivity contribution is 6.03. The number of amides is 2. The van der Waals surface area contributed by atoms with Crippen LogP contribution in [0.2, 0.25) is 0 Å². The second-order valence-corrected chi connectivity index (χ2v) is 11.7. The number of aryl methyl sites for hydroxylation is 4. The minimum Gasteiger partial charge on any atom is -0.478 e. The van der Waals surface area contributed by atoms with Gasteiger partial charge in [-0.25, -0.2) is 14.8 Å². The van der Waals surface area contributed by atoms with E-state index >= 15 is 0 Å². The van der Waals surface area contributed by atoms with Gasteiger partial charge in [-0.2, -0.15) is 10.2 Å². The number of nitrogens with one attached hydrogen (secondary N) is 2. The summed E-state index contributed by atoms with van der Waals surface area (Å²) in [5.41, 5.74) is 10.5. The first-order valence-corrected chi connectivity index (χ1v) is 16.0. The number of primary amides is 1. The lowest BCUT2D eigenvalue weighted by Crippen LogP contribution is -2.19. The second kappa shape index (κ2) is 13.7. The lowest BCUT2D eigenvalue weighted by atomic mass is 10.2. The Labute approximate surface area is 285 Å². The molecule has 16 heteroatoms. The van der Waals surface area contributed by atoms with Gasteiger partial charge in [0, 0.05) is 31.7 Å². The maximum Gasteiger partial charge on any atom is 0.335 e. The van der Waals surface area contributed by atoms with Crippen molar-refractivity contribution in [1.82, 2.24) is 38.7 Å². The molecular formula is C34H37N11O5. The van der Waals surface area contributed by atoms with Crippen LogP contribution in [0.5, 0.6) is 0 Å². The second-order valence-electron chi connectivity index (χ2n) is 11.7. The summed E-state index contributed by atoms with van der Waals surface area (Å²) in [6, 6.07) is 13.0. The van der Waals surface area contributed by atoms with E-state index in [4.69, 9.17) is 5.73 Å². The summed E-state index contributed by atoms with van der Waals surface area (Å²) in [5, 5.41) is 35.4. The molecule has 2 aromatic carbocycles. The van der Waals surface area contributed by atoms with Crippen LogP contribution >= 0.6 is 0 Å². The third kappa shape index (κ3) is 6.55. The van der Waals surface area contributed by atoms with Crippen LogP contribution in [-0.2, 0) is 26.2 Å². The molecule has 6 rings (SSSR count). The normalized spacial score (nSPS) is 12.3. The van der Waals surface area contributed by atoms with Gasteiger partial charge in [0.1, 0.15) is 5.69 Å². The highest BCUT2D eigenvalue weighted by atomic mass is 16.4. The molecule has 16 nitrogen and oxygen atoms in total. The van der Waals surface area contributed by atoms with Gasteiger partial charge in [-0.3, -0.25) is 24.3 Å². The molecule has 6 N–H and O–H groups in total. The Morgan fingerprint density at radius 2 is 1.38 bits per heavy atom. The predicted molar refractivity (Wildman–Crippen MR) is 186 cm³/mol. The van der Waals surface area contributed by atoms with Crippen molar-refractivity contribution < 1.29 is 24.6 Å². The number of aromatic carboxylic acids is 1. The van der Waals surface area contributed by atoms with Crippen molar-refractivity contribution >= 4 is 51.7 Å². The summed E-state index contributed by atoms with van der Waals surface area (Å²) >= 11 is 0. The van der Waals surface area contributed by atoms with Crippen LogP contribution in [0, 0.1) is 13.8 Å². The molecule has 50 heavy (non-hydrogen) atoms. The summed E-state index contributed by atoms with van der Waals surface area (Å²) in [6.45, 7) is 9.11. The van der Waals surface area contributed by atoms with Crippen molar-refractivity contribution in [2.24, 2.45) is 5.73 Å². The fourth-order valence-electron chi connectivity index (χ4n) is 5.85. The Morgan fingerprint density at radius 3 is 2.00 bits per heavy atom. The molecule has 1 atom stereocenters. The zero-order valence-electron chi connectivity index (χ0n) is 28.0. The monoisotopic (exact) mass is 679 g/mol. The summed E-state index contributed by atoms with van der Waals surface area (Å²) in [5.74, 6) is -1.49. The Bertz CT molecular complexity index is 2290. The zero-order chi connectivity index (χ0) is 35.7. The Kier molecular flexibility index (Phi) is 9.19. The minimum atomic E-state index is -1.13. The third-order valence-corrected chi connectivity index (χ3v) is 8.21. The van der Waals surface area contributed by atoms with Crippen molar-refractivity contribution in [3.63, 3.8) is 0 Å². The number of carbonyl (C=O) groups excluding carboxylic acids is 2. The molecule has 4 aromatic heterocycles. The molecule has 0 spiro atoms. The summed E-state index contributed by atoms with van der Waals surface area (Å²) in [7, 11) is 0. The van der Waals surface area contributed by atoms with Gasteiger partial charge in [0.2, 0.25) is 17.8 Å². The molecule has 0 aliphatic carbocycles. The van der Waals surface area contributed by atoms with Crippen molar-refractivity contribution in [2.75, 3.05) is 10.6 Å². The number of nitrogens with zero attached hydrogens (tertiary/aromatic N) is 8. The topological polar surface area (TPSA) is 213 Å². The SMILES string of the molecule is CCn1nc(C)cc1C(=O)Nc1nc2cc(C(=O)O)ccc2n1C/C=C/Cn1c(NC(O)c2cc(C)nn2CC)nc2cc(C(N)=O)ccc21. The average Bonchev–Trinajstić information content (AvgIpc) is 3.84. The lowest BCUT2D eigenvalue weighted by Gasteiger charge is -2.16. The van der Waals surface area contributed by atoms with Gasteiger partial charge < -0.3 is 30.4 Å². The molecule has 1 unspecified atom stereocenters. The number of rotatable bonds is 13. The summed E-state index contributed by atoms with van der Waals surface area (Å²) in [6.07, 6.45) is 2.64. The van der Waals surface area contributed by atoms with Gasteiger partial charge in [0.05, 0.1) is 44.7 Å². The van der Waals surface area contributed by atoms with Crippen LogP contribution in [0.25, 0.3) is 22.1 Å². The molecule has 0 bridgehead atoms. The number of carbonyl (C=O) groups is 3. The molecule has 0 radical (unpaired) electrons. The largest absolute Gasteiger partial charge is 0.478 e. The first-order valence-electron chi connectivity index (χ1n) is 16.0.